The lowest BCUT2D eigenvalue weighted by Crippen LogP contribution is -2.45. The zero-order valence-corrected chi connectivity index (χ0v) is 18.2. The lowest BCUT2D eigenvalue weighted by molar-refractivity contribution is -0.151. The zero-order valence-electron chi connectivity index (χ0n) is 18.2. The Bertz CT molecular complexity index is 964. The molecule has 3 amide bonds. The van der Waals surface area contributed by atoms with Gasteiger partial charge in [-0.3, -0.25) is 19.2 Å². The summed E-state index contributed by atoms with van der Waals surface area (Å²) in [5.74, 6) is -1.17. The summed E-state index contributed by atoms with van der Waals surface area (Å²) in [5.41, 5.74) is 0.788. The predicted octanol–water partition coefficient (Wildman–Crippen LogP) is 2.41. The van der Waals surface area contributed by atoms with E-state index < -0.39 is 5.91 Å². The van der Waals surface area contributed by atoms with E-state index in [-0.39, 0.29) is 36.0 Å². The molecule has 1 fully saturated rings. The van der Waals surface area contributed by atoms with E-state index >= 15 is 0 Å². The van der Waals surface area contributed by atoms with Gasteiger partial charge in [0, 0.05) is 31.4 Å². The molecule has 32 heavy (non-hydrogen) atoms. The second-order valence-corrected chi connectivity index (χ2v) is 7.58. The molecule has 0 unspecified atom stereocenters. The molecule has 2 heterocycles. The third-order valence-corrected chi connectivity index (χ3v) is 5.30. The number of rotatable bonds is 7. The fraction of sp³-hybridized carbons (Fsp3) is 0.391. The molecule has 3 rings (SSSR count). The number of ether oxygens (including phenoxy) is 1. The Labute approximate surface area is 186 Å². The first-order valence-corrected chi connectivity index (χ1v) is 10.5. The van der Waals surface area contributed by atoms with Crippen molar-refractivity contribution < 1.29 is 28.3 Å². The average molecular weight is 441 g/mol. The number of nitrogens with zero attached hydrogens (tertiary/aromatic N) is 2. The van der Waals surface area contributed by atoms with Crippen molar-refractivity contribution in [1.29, 1.82) is 0 Å². The maximum Gasteiger partial charge on any atom is 0.309 e. The number of piperidine rings is 1. The third kappa shape index (κ3) is 5.75. The van der Waals surface area contributed by atoms with Crippen molar-refractivity contribution in [3.8, 4) is 0 Å². The molecule has 0 aliphatic carbocycles. The molecule has 9 heteroatoms. The number of likely N-dealkylation sites (tertiary alicyclic amines) is 1. The highest BCUT2D eigenvalue weighted by atomic mass is 16.5. The number of hydrogen-bond donors (Lipinski definition) is 1. The SMILES string of the molecule is CCOC(=O)C1CCN(C(=O)CN(C)C(=O)c2cccc(NC(=O)c3ccco3)c2)CC1. The first-order chi connectivity index (χ1) is 15.4. The number of likely N-dealkylation sites (N-methyl/N-ethyl adjacent to an activating group) is 1. The molecular formula is C23H27N3O6. The van der Waals surface area contributed by atoms with Gasteiger partial charge in [0.1, 0.15) is 0 Å². The van der Waals surface area contributed by atoms with Crippen LogP contribution in [0.5, 0.6) is 0 Å². The van der Waals surface area contributed by atoms with Gasteiger partial charge in [0.25, 0.3) is 11.8 Å². The number of hydrogen-bond acceptors (Lipinski definition) is 6. The fourth-order valence-corrected chi connectivity index (χ4v) is 3.55. The highest BCUT2D eigenvalue weighted by molar-refractivity contribution is 6.03. The highest BCUT2D eigenvalue weighted by Crippen LogP contribution is 2.19. The topological polar surface area (TPSA) is 109 Å². The van der Waals surface area contributed by atoms with Gasteiger partial charge in [-0.2, -0.15) is 0 Å². The Kier molecular flexibility index (Phi) is 7.64. The molecule has 1 aliphatic rings. The molecule has 0 spiro atoms. The van der Waals surface area contributed by atoms with Crippen molar-refractivity contribution in [2.45, 2.75) is 19.8 Å². The Balaban J connectivity index is 1.54. The first-order valence-electron chi connectivity index (χ1n) is 10.5. The van der Waals surface area contributed by atoms with E-state index in [4.69, 9.17) is 9.15 Å². The molecule has 170 valence electrons. The Hall–Kier alpha value is -3.62. The van der Waals surface area contributed by atoms with E-state index in [9.17, 15) is 19.2 Å². The van der Waals surface area contributed by atoms with Crippen LogP contribution in [0.3, 0.4) is 0 Å². The van der Waals surface area contributed by atoms with Crippen LogP contribution in [0, 0.1) is 5.92 Å². The van der Waals surface area contributed by atoms with Gasteiger partial charge in [-0.15, -0.1) is 0 Å². The molecule has 9 nitrogen and oxygen atoms in total. The van der Waals surface area contributed by atoms with Crippen LogP contribution in [-0.4, -0.2) is 66.8 Å². The quantitative estimate of drug-likeness (QED) is 0.661. The van der Waals surface area contributed by atoms with Gasteiger partial charge in [-0.1, -0.05) is 6.07 Å². The smallest absolute Gasteiger partial charge is 0.309 e. The lowest BCUT2D eigenvalue weighted by Gasteiger charge is -2.32. The molecule has 1 aromatic carbocycles. The Morgan fingerprint density at radius 3 is 2.56 bits per heavy atom. The first kappa shape index (κ1) is 23.1. The standard InChI is InChI=1S/C23H27N3O6/c1-3-31-23(30)16-9-11-26(12-10-16)20(27)15-25(2)22(29)17-6-4-7-18(14-17)24-21(28)19-8-5-13-32-19/h4-8,13-14,16H,3,9-12,15H2,1-2H3,(H,24,28). The van der Waals surface area contributed by atoms with Gasteiger partial charge < -0.3 is 24.3 Å². The minimum absolute atomic E-state index is 0.0775. The monoisotopic (exact) mass is 441 g/mol. The van der Waals surface area contributed by atoms with E-state index in [1.807, 2.05) is 0 Å². The van der Waals surface area contributed by atoms with E-state index in [0.717, 1.165) is 0 Å². The summed E-state index contributed by atoms with van der Waals surface area (Å²) in [6.07, 6.45) is 2.51. The zero-order chi connectivity index (χ0) is 23.1. The van der Waals surface area contributed by atoms with Crippen LogP contribution in [0.1, 0.15) is 40.7 Å². The van der Waals surface area contributed by atoms with Crippen LogP contribution >= 0.6 is 0 Å². The van der Waals surface area contributed by atoms with Crippen molar-refractivity contribution in [3.05, 3.63) is 54.0 Å². The molecule has 2 aromatic rings. The second-order valence-electron chi connectivity index (χ2n) is 7.58. The third-order valence-electron chi connectivity index (χ3n) is 5.30. The summed E-state index contributed by atoms with van der Waals surface area (Å²) in [5, 5.41) is 2.68. The second kappa shape index (κ2) is 10.6. The number of benzene rings is 1. The van der Waals surface area contributed by atoms with E-state index in [1.54, 1.807) is 55.3 Å². The summed E-state index contributed by atoms with van der Waals surface area (Å²) >= 11 is 0. The van der Waals surface area contributed by atoms with E-state index in [2.05, 4.69) is 5.32 Å². The number of nitrogens with one attached hydrogen (secondary N) is 1. The van der Waals surface area contributed by atoms with Crippen molar-refractivity contribution in [1.82, 2.24) is 9.80 Å². The van der Waals surface area contributed by atoms with Crippen LogP contribution in [0.25, 0.3) is 0 Å². The summed E-state index contributed by atoms with van der Waals surface area (Å²) in [7, 11) is 1.56. The van der Waals surface area contributed by atoms with Crippen LogP contribution in [0.15, 0.2) is 47.1 Å². The van der Waals surface area contributed by atoms with Crippen LogP contribution < -0.4 is 5.32 Å². The van der Waals surface area contributed by atoms with Gasteiger partial charge in [0.05, 0.1) is 25.3 Å². The number of anilines is 1. The fourth-order valence-electron chi connectivity index (χ4n) is 3.55. The predicted molar refractivity (Wildman–Crippen MR) is 116 cm³/mol. The minimum Gasteiger partial charge on any atom is -0.466 e. The lowest BCUT2D eigenvalue weighted by atomic mass is 9.97. The minimum atomic E-state index is -0.422. The number of furan rings is 1. The number of carbonyl (C=O) groups is 4. The molecule has 1 saturated heterocycles. The van der Waals surface area contributed by atoms with Gasteiger partial charge in [-0.05, 0) is 50.1 Å². The largest absolute Gasteiger partial charge is 0.466 e. The van der Waals surface area contributed by atoms with Crippen molar-refractivity contribution in [3.63, 3.8) is 0 Å². The summed E-state index contributed by atoms with van der Waals surface area (Å²) in [6.45, 7) is 2.95. The molecule has 0 radical (unpaired) electrons. The maximum absolute atomic E-state index is 12.8. The number of esters is 1. The van der Waals surface area contributed by atoms with Crippen LogP contribution in [0.2, 0.25) is 0 Å². The molecular weight excluding hydrogens is 414 g/mol. The van der Waals surface area contributed by atoms with E-state index in [1.165, 1.54) is 11.2 Å². The van der Waals surface area contributed by atoms with Crippen molar-refractivity contribution in [2.24, 2.45) is 5.92 Å². The number of carbonyl (C=O) groups excluding carboxylic acids is 4. The summed E-state index contributed by atoms with van der Waals surface area (Å²) in [4.78, 5) is 52.4. The Morgan fingerprint density at radius 2 is 1.91 bits per heavy atom. The molecule has 1 aromatic heterocycles. The van der Waals surface area contributed by atoms with E-state index in [0.29, 0.717) is 43.8 Å². The molecule has 1 aliphatic heterocycles. The molecule has 1 N–H and O–H groups in total. The van der Waals surface area contributed by atoms with Crippen LogP contribution in [0.4, 0.5) is 5.69 Å². The van der Waals surface area contributed by atoms with Gasteiger partial charge in [0.2, 0.25) is 5.91 Å². The maximum atomic E-state index is 12.8. The molecule has 0 bridgehead atoms. The van der Waals surface area contributed by atoms with Gasteiger partial charge >= 0.3 is 5.97 Å². The molecule has 0 atom stereocenters. The van der Waals surface area contributed by atoms with Gasteiger partial charge in [0.15, 0.2) is 5.76 Å². The molecule has 0 saturated carbocycles. The average Bonchev–Trinajstić information content (AvgIpc) is 3.34. The Morgan fingerprint density at radius 1 is 1.16 bits per heavy atom. The van der Waals surface area contributed by atoms with Crippen molar-refractivity contribution >= 4 is 29.4 Å². The summed E-state index contributed by atoms with van der Waals surface area (Å²) in [6, 6.07) is 9.64. The van der Waals surface area contributed by atoms with Crippen molar-refractivity contribution in [2.75, 3.05) is 38.6 Å². The van der Waals surface area contributed by atoms with Crippen LogP contribution in [-0.2, 0) is 14.3 Å². The number of amides is 3. The summed E-state index contributed by atoms with van der Waals surface area (Å²) < 4.78 is 10.1. The van der Waals surface area contributed by atoms with Gasteiger partial charge in [-0.25, -0.2) is 0 Å². The normalized spacial score (nSPS) is 14.0. The highest BCUT2D eigenvalue weighted by Gasteiger charge is 2.29.